The lowest BCUT2D eigenvalue weighted by Gasteiger charge is -2.37. The summed E-state index contributed by atoms with van der Waals surface area (Å²) in [4.78, 5) is 9.61. The zero-order valence-corrected chi connectivity index (χ0v) is 17.5. The maximum absolute atomic E-state index is 9.31. The van der Waals surface area contributed by atoms with E-state index in [1.807, 2.05) is 12.1 Å². The van der Waals surface area contributed by atoms with E-state index in [1.54, 1.807) is 11.8 Å². The first-order chi connectivity index (χ1) is 14.2. The minimum Gasteiger partial charge on any atom is -0.369 e. The van der Waals surface area contributed by atoms with Crippen LogP contribution in [0.1, 0.15) is 12.0 Å². The summed E-state index contributed by atoms with van der Waals surface area (Å²) in [5.74, 6) is 0. The molecule has 2 aromatic rings. The molecule has 0 aliphatic carbocycles. The van der Waals surface area contributed by atoms with Gasteiger partial charge in [-0.25, -0.2) is 0 Å². The van der Waals surface area contributed by atoms with E-state index in [0.717, 1.165) is 62.8 Å². The van der Waals surface area contributed by atoms with Gasteiger partial charge in [-0.2, -0.15) is 5.26 Å². The maximum Gasteiger partial charge on any atom is 0.0992 e. The number of nitriles is 1. The predicted molar refractivity (Wildman–Crippen MR) is 120 cm³/mol. The summed E-state index contributed by atoms with van der Waals surface area (Å²) in [5, 5.41) is 9.31. The van der Waals surface area contributed by atoms with E-state index in [9.17, 15) is 5.26 Å². The van der Waals surface area contributed by atoms with Crippen LogP contribution in [-0.2, 0) is 0 Å². The minimum absolute atomic E-state index is 0.662. The quantitative estimate of drug-likeness (QED) is 0.760. The smallest absolute Gasteiger partial charge is 0.0992 e. The molecule has 2 heterocycles. The highest BCUT2D eigenvalue weighted by molar-refractivity contribution is 7.99. The van der Waals surface area contributed by atoms with E-state index in [0.29, 0.717) is 12.1 Å². The Labute approximate surface area is 177 Å². The highest BCUT2D eigenvalue weighted by Crippen LogP contribution is 2.49. The zero-order chi connectivity index (χ0) is 20.2. The molecule has 0 amide bonds. The number of nitrogens with zero attached hydrogens (tertiary/aromatic N) is 4. The van der Waals surface area contributed by atoms with E-state index in [2.05, 4.69) is 45.0 Å². The zero-order valence-electron chi connectivity index (χ0n) is 16.7. The van der Waals surface area contributed by atoms with Crippen molar-refractivity contribution in [2.24, 2.45) is 11.5 Å². The fraction of sp³-hybridized carbons (Fsp3) is 0.409. The summed E-state index contributed by atoms with van der Waals surface area (Å²) >= 11 is 1.76. The Morgan fingerprint density at radius 1 is 0.897 bits per heavy atom. The van der Waals surface area contributed by atoms with Crippen molar-refractivity contribution in [1.82, 2.24) is 4.90 Å². The van der Waals surface area contributed by atoms with E-state index in [4.69, 9.17) is 11.5 Å². The fourth-order valence-electron chi connectivity index (χ4n) is 4.04. The summed E-state index contributed by atoms with van der Waals surface area (Å²) < 4.78 is 0. The van der Waals surface area contributed by atoms with Crippen molar-refractivity contribution in [2.45, 2.75) is 16.2 Å². The molecule has 0 bridgehead atoms. The fourth-order valence-corrected chi connectivity index (χ4v) is 5.21. The molecule has 4 N–H and O–H groups in total. The molecular formula is C22H28N6S. The van der Waals surface area contributed by atoms with Crippen LogP contribution in [0.4, 0.5) is 17.1 Å². The third-order valence-corrected chi connectivity index (χ3v) is 6.70. The molecule has 0 spiro atoms. The van der Waals surface area contributed by atoms with Crippen LogP contribution in [0, 0.1) is 11.3 Å². The first-order valence-electron chi connectivity index (χ1n) is 10.2. The molecular weight excluding hydrogens is 380 g/mol. The molecule has 6 nitrogen and oxygen atoms in total. The van der Waals surface area contributed by atoms with Crippen molar-refractivity contribution in [3.63, 3.8) is 0 Å². The van der Waals surface area contributed by atoms with Gasteiger partial charge >= 0.3 is 0 Å². The van der Waals surface area contributed by atoms with Crippen LogP contribution in [0.2, 0.25) is 0 Å². The normalized spacial score (nSPS) is 16.3. The number of rotatable bonds is 6. The van der Waals surface area contributed by atoms with Crippen LogP contribution < -0.4 is 21.3 Å². The molecule has 4 rings (SSSR count). The first kappa shape index (κ1) is 20.0. The van der Waals surface area contributed by atoms with Gasteiger partial charge in [0.25, 0.3) is 0 Å². The molecule has 1 fully saturated rings. The number of piperazine rings is 1. The van der Waals surface area contributed by atoms with Crippen LogP contribution in [0.15, 0.2) is 46.2 Å². The second-order valence-corrected chi connectivity index (χ2v) is 8.54. The molecule has 1 saturated heterocycles. The average Bonchev–Trinajstić information content (AvgIpc) is 2.76. The Hall–Kier alpha value is -2.24. The molecule has 152 valence electrons. The number of nitrogens with two attached hydrogens (primary N) is 2. The van der Waals surface area contributed by atoms with Crippen LogP contribution in [0.25, 0.3) is 0 Å². The largest absolute Gasteiger partial charge is 0.369 e. The van der Waals surface area contributed by atoms with Crippen molar-refractivity contribution in [3.05, 3.63) is 42.0 Å². The van der Waals surface area contributed by atoms with E-state index >= 15 is 0 Å². The average molecular weight is 409 g/mol. The molecule has 2 aliphatic rings. The predicted octanol–water partition coefficient (Wildman–Crippen LogP) is 2.59. The van der Waals surface area contributed by atoms with Crippen LogP contribution in [-0.4, -0.2) is 57.3 Å². The van der Waals surface area contributed by atoms with Crippen molar-refractivity contribution in [1.29, 1.82) is 5.26 Å². The summed E-state index contributed by atoms with van der Waals surface area (Å²) in [5.41, 5.74) is 15.8. The van der Waals surface area contributed by atoms with Gasteiger partial charge in [-0.3, -0.25) is 4.90 Å². The van der Waals surface area contributed by atoms with E-state index in [1.165, 1.54) is 16.3 Å². The van der Waals surface area contributed by atoms with Crippen LogP contribution in [0.3, 0.4) is 0 Å². The molecule has 0 radical (unpaired) electrons. The Balaban J connectivity index is 1.61. The SMILES string of the molecule is N#Cc1ccc2c(c1)Sc1cc(N3CCN(CCN)CC3)ccc1N2CCCN. The molecule has 0 unspecified atom stereocenters. The molecule has 29 heavy (non-hydrogen) atoms. The Kier molecular flexibility index (Phi) is 6.26. The number of hydrogen-bond donors (Lipinski definition) is 2. The molecule has 0 saturated carbocycles. The van der Waals surface area contributed by atoms with Crippen molar-refractivity contribution in [2.75, 3.05) is 62.2 Å². The summed E-state index contributed by atoms with van der Waals surface area (Å²) in [6, 6.07) is 15.0. The third-order valence-electron chi connectivity index (χ3n) is 5.60. The van der Waals surface area contributed by atoms with Gasteiger partial charge < -0.3 is 21.3 Å². The number of hydrogen-bond acceptors (Lipinski definition) is 7. The highest BCUT2D eigenvalue weighted by Gasteiger charge is 2.25. The van der Waals surface area contributed by atoms with E-state index < -0.39 is 0 Å². The van der Waals surface area contributed by atoms with Gasteiger partial charge in [0.1, 0.15) is 0 Å². The molecule has 2 aliphatic heterocycles. The minimum atomic E-state index is 0.662. The lowest BCUT2D eigenvalue weighted by atomic mass is 10.1. The Morgan fingerprint density at radius 3 is 2.31 bits per heavy atom. The third kappa shape index (κ3) is 4.21. The Bertz CT molecular complexity index is 901. The van der Waals surface area contributed by atoms with Crippen molar-refractivity contribution >= 4 is 28.8 Å². The number of anilines is 3. The molecule has 7 heteroatoms. The van der Waals surface area contributed by atoms with Gasteiger partial charge in [0.15, 0.2) is 0 Å². The summed E-state index contributed by atoms with van der Waals surface area (Å²) in [6.07, 6.45) is 0.925. The molecule has 0 atom stereocenters. The Morgan fingerprint density at radius 2 is 1.62 bits per heavy atom. The van der Waals surface area contributed by atoms with Gasteiger partial charge in [-0.05, 0) is 49.4 Å². The van der Waals surface area contributed by atoms with Crippen molar-refractivity contribution in [3.8, 4) is 6.07 Å². The van der Waals surface area contributed by atoms with Gasteiger partial charge in [0, 0.05) is 61.3 Å². The lowest BCUT2D eigenvalue weighted by Crippen LogP contribution is -2.47. The van der Waals surface area contributed by atoms with Gasteiger partial charge in [-0.15, -0.1) is 0 Å². The second-order valence-electron chi connectivity index (χ2n) is 7.46. The highest BCUT2D eigenvalue weighted by atomic mass is 32.2. The standard InChI is InChI=1S/C22H28N6S/c23-6-1-8-28-19-4-2-17(16-25)14-21(19)29-22-15-18(3-5-20(22)28)27-12-10-26(9-7-24)11-13-27/h2-5,14-15H,1,6-13,23-24H2. The van der Waals surface area contributed by atoms with Crippen LogP contribution >= 0.6 is 11.8 Å². The van der Waals surface area contributed by atoms with Gasteiger partial charge in [-0.1, -0.05) is 11.8 Å². The monoisotopic (exact) mass is 408 g/mol. The first-order valence-corrected chi connectivity index (χ1v) is 11.1. The number of benzene rings is 2. The van der Waals surface area contributed by atoms with Crippen molar-refractivity contribution < 1.29 is 0 Å². The van der Waals surface area contributed by atoms with Gasteiger partial charge in [0.2, 0.25) is 0 Å². The van der Waals surface area contributed by atoms with E-state index in [-0.39, 0.29) is 0 Å². The van der Waals surface area contributed by atoms with Gasteiger partial charge in [0.05, 0.1) is 23.0 Å². The maximum atomic E-state index is 9.31. The lowest BCUT2D eigenvalue weighted by molar-refractivity contribution is 0.265. The van der Waals surface area contributed by atoms with Crippen LogP contribution in [0.5, 0.6) is 0 Å². The number of fused-ring (bicyclic) bond motifs is 2. The molecule has 2 aromatic carbocycles. The molecule has 0 aromatic heterocycles. The summed E-state index contributed by atoms with van der Waals surface area (Å²) in [6.45, 7) is 7.39. The topological polar surface area (TPSA) is 85.6 Å². The summed E-state index contributed by atoms with van der Waals surface area (Å²) in [7, 11) is 0. The second kappa shape index (κ2) is 9.06.